The molecule has 3 rings (SSSR count). The second-order valence-electron chi connectivity index (χ2n) is 8.20. The molecule has 0 saturated carbocycles. The van der Waals surface area contributed by atoms with E-state index in [4.69, 9.17) is 14.0 Å². The van der Waals surface area contributed by atoms with Crippen molar-refractivity contribution in [2.45, 2.75) is 45.5 Å². The SMILES string of the molecule is CC1(C)OB(C(=Cc2cncc(O)c2)CNC(=O)OCc2ccccc2)OC1(C)C. The minimum atomic E-state index is -0.660. The molecule has 2 aromatic rings. The van der Waals surface area contributed by atoms with Gasteiger partial charge in [-0.15, -0.1) is 0 Å². The minimum absolute atomic E-state index is 0.0484. The first-order chi connectivity index (χ1) is 14.2. The van der Waals surface area contributed by atoms with Crippen LogP contribution in [0.2, 0.25) is 0 Å². The first kappa shape index (κ1) is 21.9. The molecule has 0 radical (unpaired) electrons. The predicted octanol–water partition coefficient (Wildman–Crippen LogP) is 3.73. The van der Waals surface area contributed by atoms with Gasteiger partial charge < -0.3 is 24.5 Å². The first-order valence-electron chi connectivity index (χ1n) is 9.81. The average Bonchev–Trinajstić information content (AvgIpc) is 2.91. The van der Waals surface area contributed by atoms with Crippen molar-refractivity contribution in [1.29, 1.82) is 0 Å². The van der Waals surface area contributed by atoms with E-state index in [2.05, 4.69) is 10.3 Å². The third-order valence-corrected chi connectivity index (χ3v) is 5.30. The number of nitrogens with zero attached hydrogens (tertiary/aromatic N) is 1. The van der Waals surface area contributed by atoms with Crippen molar-refractivity contribution < 1.29 is 23.9 Å². The second-order valence-corrected chi connectivity index (χ2v) is 8.20. The van der Waals surface area contributed by atoms with Crippen LogP contribution in [0.1, 0.15) is 38.8 Å². The van der Waals surface area contributed by atoms with Crippen molar-refractivity contribution in [3.8, 4) is 5.75 Å². The van der Waals surface area contributed by atoms with Crippen LogP contribution in [0.25, 0.3) is 6.08 Å². The van der Waals surface area contributed by atoms with Gasteiger partial charge in [-0.05, 0) is 50.4 Å². The Labute approximate surface area is 177 Å². The van der Waals surface area contributed by atoms with Gasteiger partial charge >= 0.3 is 13.2 Å². The highest BCUT2D eigenvalue weighted by atomic mass is 16.7. The summed E-state index contributed by atoms with van der Waals surface area (Å²) < 4.78 is 17.5. The minimum Gasteiger partial charge on any atom is -0.506 e. The number of carbonyl (C=O) groups excluding carboxylic acids is 1. The number of aromatic hydroxyl groups is 1. The van der Waals surface area contributed by atoms with Gasteiger partial charge in [-0.1, -0.05) is 36.4 Å². The molecule has 7 nitrogen and oxygen atoms in total. The van der Waals surface area contributed by atoms with E-state index < -0.39 is 24.4 Å². The molecule has 1 aromatic heterocycles. The van der Waals surface area contributed by atoms with Gasteiger partial charge in [0.25, 0.3) is 0 Å². The number of ether oxygens (including phenoxy) is 1. The largest absolute Gasteiger partial charge is 0.506 e. The molecule has 1 fully saturated rings. The lowest BCUT2D eigenvalue weighted by Crippen LogP contribution is -2.41. The van der Waals surface area contributed by atoms with Crippen LogP contribution < -0.4 is 5.32 Å². The van der Waals surface area contributed by atoms with Gasteiger partial charge in [0.1, 0.15) is 12.4 Å². The molecule has 0 unspecified atom stereocenters. The summed E-state index contributed by atoms with van der Waals surface area (Å²) in [5.74, 6) is 0.0484. The van der Waals surface area contributed by atoms with Crippen molar-refractivity contribution in [3.63, 3.8) is 0 Å². The van der Waals surface area contributed by atoms with Crippen LogP contribution in [0.4, 0.5) is 4.79 Å². The molecule has 1 saturated heterocycles. The molecule has 0 aliphatic carbocycles. The molecular weight excluding hydrogens is 383 g/mol. The number of aromatic nitrogens is 1. The summed E-state index contributed by atoms with van der Waals surface area (Å²) in [6.07, 6.45) is 4.20. The molecule has 2 N–H and O–H groups in total. The fourth-order valence-corrected chi connectivity index (χ4v) is 2.88. The normalized spacial score (nSPS) is 17.6. The van der Waals surface area contributed by atoms with Crippen LogP contribution in [-0.4, -0.2) is 41.0 Å². The molecule has 1 aromatic carbocycles. The number of pyridine rings is 1. The van der Waals surface area contributed by atoms with Gasteiger partial charge in [0.05, 0.1) is 17.4 Å². The van der Waals surface area contributed by atoms with Crippen molar-refractivity contribution in [1.82, 2.24) is 10.3 Å². The summed E-state index contributed by atoms with van der Waals surface area (Å²) >= 11 is 0. The molecule has 0 bridgehead atoms. The quantitative estimate of drug-likeness (QED) is 0.706. The van der Waals surface area contributed by atoms with Gasteiger partial charge in [-0.3, -0.25) is 4.98 Å². The number of nitrogens with one attached hydrogen (secondary N) is 1. The summed E-state index contributed by atoms with van der Waals surface area (Å²) in [5, 5.41) is 12.5. The molecule has 1 aliphatic rings. The van der Waals surface area contributed by atoms with Crippen molar-refractivity contribution in [2.75, 3.05) is 6.54 Å². The summed E-state index contributed by atoms with van der Waals surface area (Å²) in [5.41, 5.74) is 1.20. The zero-order chi connectivity index (χ0) is 21.8. The number of hydrogen-bond donors (Lipinski definition) is 2. The summed E-state index contributed by atoms with van der Waals surface area (Å²) in [4.78, 5) is 16.2. The van der Waals surface area contributed by atoms with E-state index in [1.54, 1.807) is 18.3 Å². The zero-order valence-electron chi connectivity index (χ0n) is 17.7. The molecule has 0 atom stereocenters. The van der Waals surface area contributed by atoms with Gasteiger partial charge in [0.15, 0.2) is 0 Å². The first-order valence-corrected chi connectivity index (χ1v) is 9.81. The molecule has 1 aliphatic heterocycles. The fraction of sp³-hybridized carbons (Fsp3) is 0.364. The Kier molecular flexibility index (Phi) is 6.48. The maximum atomic E-state index is 12.2. The van der Waals surface area contributed by atoms with E-state index >= 15 is 0 Å². The maximum Gasteiger partial charge on any atom is 0.492 e. The van der Waals surface area contributed by atoms with Gasteiger partial charge in [0, 0.05) is 12.7 Å². The van der Waals surface area contributed by atoms with E-state index in [-0.39, 0.29) is 18.9 Å². The lowest BCUT2D eigenvalue weighted by molar-refractivity contribution is 0.00578. The van der Waals surface area contributed by atoms with Gasteiger partial charge in [-0.2, -0.15) is 0 Å². The van der Waals surface area contributed by atoms with E-state index in [1.165, 1.54) is 6.20 Å². The molecule has 158 valence electrons. The molecule has 30 heavy (non-hydrogen) atoms. The Morgan fingerprint density at radius 2 is 1.83 bits per heavy atom. The standard InChI is InChI=1S/C22H27BN2O5/c1-21(2)22(3,4)30-23(29-21)18(10-17-11-19(26)14-24-12-17)13-25-20(27)28-15-16-8-6-5-7-9-16/h5-12,14,26H,13,15H2,1-4H3,(H,25,27). The van der Waals surface area contributed by atoms with Crippen LogP contribution in [0.15, 0.2) is 54.3 Å². The monoisotopic (exact) mass is 410 g/mol. The lowest BCUT2D eigenvalue weighted by Gasteiger charge is -2.32. The van der Waals surface area contributed by atoms with Crippen LogP contribution >= 0.6 is 0 Å². The highest BCUT2D eigenvalue weighted by Gasteiger charge is 2.52. The summed E-state index contributed by atoms with van der Waals surface area (Å²) in [7, 11) is -0.660. The summed E-state index contributed by atoms with van der Waals surface area (Å²) in [6, 6.07) is 11.0. The molecule has 2 heterocycles. The van der Waals surface area contributed by atoms with Crippen LogP contribution in [0, 0.1) is 0 Å². The molecule has 1 amide bonds. The topological polar surface area (TPSA) is 89.9 Å². The average molecular weight is 410 g/mol. The fourth-order valence-electron chi connectivity index (χ4n) is 2.88. The lowest BCUT2D eigenvalue weighted by atomic mass is 9.77. The third-order valence-electron chi connectivity index (χ3n) is 5.30. The molecule has 0 spiro atoms. The number of carbonyl (C=O) groups is 1. The third kappa shape index (κ3) is 5.40. The summed E-state index contributed by atoms with van der Waals surface area (Å²) in [6.45, 7) is 8.17. The Morgan fingerprint density at radius 3 is 2.47 bits per heavy atom. The second kappa shape index (κ2) is 8.89. The Hall–Kier alpha value is -2.84. The number of rotatable bonds is 6. The number of amides is 1. The highest BCUT2D eigenvalue weighted by molar-refractivity contribution is 6.56. The van der Waals surface area contributed by atoms with E-state index in [0.29, 0.717) is 11.0 Å². The van der Waals surface area contributed by atoms with Gasteiger partial charge in [-0.25, -0.2) is 4.79 Å². The van der Waals surface area contributed by atoms with Gasteiger partial charge in [0.2, 0.25) is 0 Å². The maximum absolute atomic E-state index is 12.2. The number of hydrogen-bond acceptors (Lipinski definition) is 6. The van der Waals surface area contributed by atoms with Crippen LogP contribution in [0.5, 0.6) is 5.75 Å². The predicted molar refractivity (Wildman–Crippen MR) is 115 cm³/mol. The Morgan fingerprint density at radius 1 is 1.17 bits per heavy atom. The van der Waals surface area contributed by atoms with E-state index in [1.807, 2.05) is 58.0 Å². The number of benzene rings is 1. The van der Waals surface area contributed by atoms with E-state index in [0.717, 1.165) is 5.56 Å². The number of alkyl carbamates (subject to hydrolysis) is 1. The Balaban J connectivity index is 1.71. The van der Waals surface area contributed by atoms with Crippen LogP contribution in [0.3, 0.4) is 0 Å². The van der Waals surface area contributed by atoms with Crippen LogP contribution in [-0.2, 0) is 20.7 Å². The van der Waals surface area contributed by atoms with Crippen molar-refractivity contribution in [3.05, 3.63) is 65.4 Å². The Bertz CT molecular complexity index is 899. The molecular formula is C22H27BN2O5. The van der Waals surface area contributed by atoms with Crippen molar-refractivity contribution in [2.24, 2.45) is 0 Å². The van der Waals surface area contributed by atoms with E-state index in [9.17, 15) is 9.90 Å². The highest BCUT2D eigenvalue weighted by Crippen LogP contribution is 2.38. The van der Waals surface area contributed by atoms with Crippen molar-refractivity contribution >= 4 is 19.3 Å². The zero-order valence-corrected chi connectivity index (χ0v) is 17.7. The molecule has 8 heteroatoms. The smallest absolute Gasteiger partial charge is 0.492 e.